The Bertz CT molecular complexity index is 854. The Balaban J connectivity index is 2.08. The maximum absolute atomic E-state index is 12.1. The van der Waals surface area contributed by atoms with Crippen molar-refractivity contribution in [3.05, 3.63) is 50.5 Å². The first-order valence-corrected chi connectivity index (χ1v) is 7.27. The number of rotatable bonds is 6. The molecule has 1 amide bonds. The third kappa shape index (κ3) is 4.03. The van der Waals surface area contributed by atoms with Crippen molar-refractivity contribution in [3.8, 4) is 11.5 Å². The second-order valence-electron chi connectivity index (χ2n) is 5.12. The number of nitrogens with zero attached hydrogens (tertiary/aromatic N) is 1. The third-order valence-electron chi connectivity index (χ3n) is 3.46. The summed E-state index contributed by atoms with van der Waals surface area (Å²) in [7, 11) is 3.05. The summed E-state index contributed by atoms with van der Waals surface area (Å²) in [5, 5.41) is 5.13. The van der Waals surface area contributed by atoms with Crippen molar-refractivity contribution in [1.82, 2.24) is 9.78 Å². The number of hydrogen-bond donors (Lipinski definition) is 2. The number of aryl methyl sites for hydroxylation is 2. The molecule has 0 aliphatic carbocycles. The van der Waals surface area contributed by atoms with Gasteiger partial charge in [0, 0.05) is 30.3 Å². The zero-order valence-corrected chi connectivity index (χ0v) is 13.7. The Morgan fingerprint density at radius 1 is 1.17 bits per heavy atom. The van der Waals surface area contributed by atoms with E-state index < -0.39 is 5.56 Å². The number of carbonyl (C=O) groups excluding carboxylic acids is 1. The lowest BCUT2D eigenvalue weighted by Crippen LogP contribution is -2.29. The summed E-state index contributed by atoms with van der Waals surface area (Å²) in [6.45, 7) is 1.91. The Morgan fingerprint density at radius 2 is 1.83 bits per heavy atom. The molecule has 0 unspecified atom stereocenters. The number of aromatic nitrogens is 2. The number of carbonyl (C=O) groups is 1. The molecule has 2 N–H and O–H groups in total. The van der Waals surface area contributed by atoms with E-state index in [9.17, 15) is 14.4 Å². The number of nitrogens with one attached hydrogen (secondary N) is 2. The molecule has 2 rings (SSSR count). The standard InChI is InChI=1S/C16H19N3O5/c1-10-8-12(23-2)13(24-3)9-11(10)17-14(20)6-7-19-16(22)5-4-15(21)18-19/h4-5,8-9H,6-7H2,1-3H3,(H,17,20)(H,18,21). The van der Waals surface area contributed by atoms with Gasteiger partial charge in [-0.05, 0) is 18.6 Å². The SMILES string of the molecule is COc1cc(C)c(NC(=O)CCn2[nH]c(=O)ccc2=O)cc1OC. The predicted octanol–water partition coefficient (Wildman–Crippen LogP) is 0.891. The van der Waals surface area contributed by atoms with Crippen LogP contribution in [0, 0.1) is 6.92 Å². The Labute approximate surface area is 138 Å². The van der Waals surface area contributed by atoms with Crippen LogP contribution in [0.5, 0.6) is 11.5 Å². The summed E-state index contributed by atoms with van der Waals surface area (Å²) in [5.41, 5.74) is 0.633. The highest BCUT2D eigenvalue weighted by atomic mass is 16.5. The van der Waals surface area contributed by atoms with Crippen LogP contribution in [0.3, 0.4) is 0 Å². The molecule has 0 atom stereocenters. The molecular formula is C16H19N3O5. The average Bonchev–Trinajstić information content (AvgIpc) is 2.57. The lowest BCUT2D eigenvalue weighted by atomic mass is 10.1. The molecule has 0 aliphatic heterocycles. The summed E-state index contributed by atoms with van der Waals surface area (Å²) < 4.78 is 11.5. The zero-order chi connectivity index (χ0) is 17.7. The number of H-pyrrole nitrogens is 1. The van der Waals surface area contributed by atoms with Gasteiger partial charge < -0.3 is 14.8 Å². The molecular weight excluding hydrogens is 314 g/mol. The molecule has 0 saturated carbocycles. The maximum atomic E-state index is 12.1. The monoisotopic (exact) mass is 333 g/mol. The highest BCUT2D eigenvalue weighted by Crippen LogP contribution is 2.32. The van der Waals surface area contributed by atoms with Crippen LogP contribution in [0.1, 0.15) is 12.0 Å². The number of benzene rings is 1. The van der Waals surface area contributed by atoms with Crippen molar-refractivity contribution in [3.63, 3.8) is 0 Å². The molecule has 8 heteroatoms. The fourth-order valence-electron chi connectivity index (χ4n) is 2.17. The Hall–Kier alpha value is -3.03. The molecule has 128 valence electrons. The van der Waals surface area contributed by atoms with E-state index in [1.165, 1.54) is 14.2 Å². The number of amides is 1. The van der Waals surface area contributed by atoms with E-state index in [0.29, 0.717) is 17.2 Å². The molecule has 24 heavy (non-hydrogen) atoms. The van der Waals surface area contributed by atoms with E-state index in [0.717, 1.165) is 22.4 Å². The molecule has 0 bridgehead atoms. The van der Waals surface area contributed by atoms with Gasteiger partial charge in [-0.1, -0.05) is 0 Å². The van der Waals surface area contributed by atoms with Gasteiger partial charge in [-0.3, -0.25) is 19.5 Å². The summed E-state index contributed by atoms with van der Waals surface area (Å²) in [4.78, 5) is 34.9. The van der Waals surface area contributed by atoms with Gasteiger partial charge in [0.25, 0.3) is 11.1 Å². The average molecular weight is 333 g/mol. The molecule has 8 nitrogen and oxygen atoms in total. The lowest BCUT2D eigenvalue weighted by Gasteiger charge is -2.13. The highest BCUT2D eigenvalue weighted by Gasteiger charge is 2.11. The first-order valence-electron chi connectivity index (χ1n) is 7.27. The van der Waals surface area contributed by atoms with Gasteiger partial charge in [0.05, 0.1) is 20.8 Å². The van der Waals surface area contributed by atoms with E-state index in [4.69, 9.17) is 9.47 Å². The van der Waals surface area contributed by atoms with Crippen molar-refractivity contribution in [2.75, 3.05) is 19.5 Å². The molecule has 0 radical (unpaired) electrons. The minimum absolute atomic E-state index is 0.0354. The number of ether oxygens (including phenoxy) is 2. The molecule has 1 heterocycles. The van der Waals surface area contributed by atoms with Crippen LogP contribution in [0.2, 0.25) is 0 Å². The van der Waals surface area contributed by atoms with Gasteiger partial charge in [0.15, 0.2) is 11.5 Å². The normalized spacial score (nSPS) is 10.3. The molecule has 1 aromatic carbocycles. The highest BCUT2D eigenvalue weighted by molar-refractivity contribution is 5.91. The van der Waals surface area contributed by atoms with Crippen molar-refractivity contribution < 1.29 is 14.3 Å². The van der Waals surface area contributed by atoms with Gasteiger partial charge in [-0.2, -0.15) is 0 Å². The number of anilines is 1. The summed E-state index contributed by atoms with van der Waals surface area (Å²) in [6, 6.07) is 5.73. The topological polar surface area (TPSA) is 102 Å². The molecule has 2 aromatic rings. The smallest absolute Gasteiger partial charge is 0.265 e. The summed E-state index contributed by atoms with van der Waals surface area (Å²) >= 11 is 0. The van der Waals surface area contributed by atoms with Crippen molar-refractivity contribution in [2.24, 2.45) is 0 Å². The van der Waals surface area contributed by atoms with Crippen LogP contribution in [-0.2, 0) is 11.3 Å². The lowest BCUT2D eigenvalue weighted by molar-refractivity contribution is -0.116. The Morgan fingerprint density at radius 3 is 2.50 bits per heavy atom. The van der Waals surface area contributed by atoms with Crippen LogP contribution in [-0.4, -0.2) is 29.9 Å². The minimum atomic E-state index is -0.397. The molecule has 0 fully saturated rings. The fourth-order valence-corrected chi connectivity index (χ4v) is 2.17. The molecule has 1 aromatic heterocycles. The van der Waals surface area contributed by atoms with Gasteiger partial charge in [-0.15, -0.1) is 0 Å². The molecule has 0 spiro atoms. The first-order chi connectivity index (χ1) is 11.4. The minimum Gasteiger partial charge on any atom is -0.493 e. The van der Waals surface area contributed by atoms with E-state index in [-0.39, 0.29) is 24.4 Å². The summed E-state index contributed by atoms with van der Waals surface area (Å²) in [6.07, 6.45) is 0.0354. The quantitative estimate of drug-likeness (QED) is 0.817. The predicted molar refractivity (Wildman–Crippen MR) is 88.9 cm³/mol. The van der Waals surface area contributed by atoms with Crippen LogP contribution in [0.15, 0.2) is 33.9 Å². The fraction of sp³-hybridized carbons (Fsp3) is 0.312. The summed E-state index contributed by atoms with van der Waals surface area (Å²) in [5.74, 6) is 0.783. The van der Waals surface area contributed by atoms with Crippen LogP contribution in [0.4, 0.5) is 5.69 Å². The number of hydrogen-bond acceptors (Lipinski definition) is 5. The van der Waals surface area contributed by atoms with E-state index >= 15 is 0 Å². The van der Waals surface area contributed by atoms with E-state index in [1.54, 1.807) is 12.1 Å². The largest absolute Gasteiger partial charge is 0.493 e. The van der Waals surface area contributed by atoms with Crippen molar-refractivity contribution >= 4 is 11.6 Å². The van der Waals surface area contributed by atoms with E-state index in [1.807, 2.05) is 6.92 Å². The van der Waals surface area contributed by atoms with Gasteiger partial charge in [0.1, 0.15) is 0 Å². The van der Waals surface area contributed by atoms with Crippen molar-refractivity contribution in [2.45, 2.75) is 19.9 Å². The maximum Gasteiger partial charge on any atom is 0.265 e. The van der Waals surface area contributed by atoms with Crippen molar-refractivity contribution in [1.29, 1.82) is 0 Å². The van der Waals surface area contributed by atoms with Crippen LogP contribution < -0.4 is 25.9 Å². The number of methoxy groups -OCH3 is 2. The molecule has 0 aliphatic rings. The third-order valence-corrected chi connectivity index (χ3v) is 3.46. The first kappa shape index (κ1) is 17.3. The zero-order valence-electron chi connectivity index (χ0n) is 13.7. The van der Waals surface area contributed by atoms with Gasteiger partial charge in [0.2, 0.25) is 5.91 Å². The Kier molecular flexibility index (Phi) is 5.41. The second-order valence-corrected chi connectivity index (χ2v) is 5.12. The van der Waals surface area contributed by atoms with Crippen LogP contribution >= 0.6 is 0 Å². The van der Waals surface area contributed by atoms with Gasteiger partial charge >= 0.3 is 0 Å². The van der Waals surface area contributed by atoms with E-state index in [2.05, 4.69) is 10.4 Å². The molecule has 0 saturated heterocycles. The number of aromatic amines is 1. The van der Waals surface area contributed by atoms with Crippen LogP contribution in [0.25, 0.3) is 0 Å². The second kappa shape index (κ2) is 7.49. The van der Waals surface area contributed by atoms with Gasteiger partial charge in [-0.25, -0.2) is 4.68 Å².